The fourth-order valence-electron chi connectivity index (χ4n) is 1.97. The van der Waals surface area contributed by atoms with E-state index in [0.717, 1.165) is 17.5 Å². The van der Waals surface area contributed by atoms with E-state index in [1.807, 2.05) is 0 Å². The normalized spacial score (nSPS) is 14.8. The van der Waals surface area contributed by atoms with Gasteiger partial charge >= 0.3 is 0 Å². The highest BCUT2D eigenvalue weighted by Gasteiger charge is 2.25. The molecule has 0 aliphatic carbocycles. The van der Waals surface area contributed by atoms with Gasteiger partial charge in [-0.25, -0.2) is 8.42 Å². The number of sulfone groups is 1. The van der Waals surface area contributed by atoms with Crippen molar-refractivity contribution in [3.8, 4) is 0 Å². The molecule has 0 spiro atoms. The molecule has 0 unspecified atom stereocenters. The maximum Gasteiger partial charge on any atom is 0.231 e. The predicted molar refractivity (Wildman–Crippen MR) is 67.6 cm³/mol. The maximum atomic E-state index is 11.7. The molecule has 1 heterocycles. The molecule has 5 nitrogen and oxygen atoms in total. The van der Waals surface area contributed by atoms with Crippen molar-refractivity contribution in [2.45, 2.75) is 6.42 Å². The standard InChI is InChI=1S/C12H13NO4S/c1-13-10-4-3-8(5-9(10)6-12(13)15)11(14)7-18(2,16)17/h3-5H,6-7H2,1-2H3. The zero-order chi connectivity index (χ0) is 13.5. The molecule has 0 saturated carbocycles. The summed E-state index contributed by atoms with van der Waals surface area (Å²) in [5, 5.41) is 0. The first-order valence-electron chi connectivity index (χ1n) is 5.38. The van der Waals surface area contributed by atoms with Gasteiger partial charge in [0.2, 0.25) is 5.91 Å². The van der Waals surface area contributed by atoms with E-state index < -0.39 is 21.4 Å². The van der Waals surface area contributed by atoms with Crippen LogP contribution in [0.2, 0.25) is 0 Å². The molecule has 0 bridgehead atoms. The summed E-state index contributed by atoms with van der Waals surface area (Å²) in [6, 6.07) is 4.83. The third-order valence-corrected chi connectivity index (χ3v) is 3.66. The van der Waals surface area contributed by atoms with E-state index in [1.165, 1.54) is 4.90 Å². The molecule has 18 heavy (non-hydrogen) atoms. The zero-order valence-electron chi connectivity index (χ0n) is 10.1. The van der Waals surface area contributed by atoms with Gasteiger partial charge in [-0.1, -0.05) is 0 Å². The highest BCUT2D eigenvalue weighted by molar-refractivity contribution is 7.91. The van der Waals surface area contributed by atoms with Gasteiger partial charge in [0.1, 0.15) is 5.75 Å². The molecule has 1 aromatic carbocycles. The van der Waals surface area contributed by atoms with Crippen LogP contribution in [0.25, 0.3) is 0 Å². The Labute approximate surface area is 105 Å². The number of hydrogen-bond acceptors (Lipinski definition) is 4. The van der Waals surface area contributed by atoms with Gasteiger partial charge in [0.05, 0.1) is 6.42 Å². The lowest BCUT2D eigenvalue weighted by atomic mass is 10.1. The van der Waals surface area contributed by atoms with E-state index in [1.54, 1.807) is 25.2 Å². The number of carbonyl (C=O) groups excluding carboxylic acids is 2. The molecule has 0 N–H and O–H groups in total. The first kappa shape index (κ1) is 12.8. The van der Waals surface area contributed by atoms with Crippen LogP contribution in [0.4, 0.5) is 5.69 Å². The molecule has 0 atom stereocenters. The minimum absolute atomic E-state index is 0.0299. The van der Waals surface area contributed by atoms with Gasteiger partial charge in [-0.2, -0.15) is 0 Å². The van der Waals surface area contributed by atoms with Gasteiger partial charge in [0.25, 0.3) is 0 Å². The van der Waals surface area contributed by atoms with Gasteiger partial charge in [-0.05, 0) is 23.8 Å². The van der Waals surface area contributed by atoms with Crippen molar-refractivity contribution < 1.29 is 18.0 Å². The highest BCUT2D eigenvalue weighted by atomic mass is 32.2. The maximum absolute atomic E-state index is 11.7. The molecule has 0 fully saturated rings. The predicted octanol–water partition coefficient (Wildman–Crippen LogP) is 0.433. The average Bonchev–Trinajstić information content (AvgIpc) is 2.52. The van der Waals surface area contributed by atoms with E-state index in [-0.39, 0.29) is 12.3 Å². The summed E-state index contributed by atoms with van der Waals surface area (Å²) >= 11 is 0. The SMILES string of the molecule is CN1C(=O)Cc2cc(C(=O)CS(C)(=O)=O)ccc21. The molecule has 0 radical (unpaired) electrons. The summed E-state index contributed by atoms with van der Waals surface area (Å²) in [5.74, 6) is -0.977. The number of hydrogen-bond donors (Lipinski definition) is 0. The molecular formula is C12H13NO4S. The molecule has 1 aliphatic rings. The Morgan fingerprint density at radius 2 is 2.06 bits per heavy atom. The van der Waals surface area contributed by atoms with Crippen LogP contribution in [0, 0.1) is 0 Å². The van der Waals surface area contributed by atoms with E-state index in [4.69, 9.17) is 0 Å². The fraction of sp³-hybridized carbons (Fsp3) is 0.333. The first-order chi connectivity index (χ1) is 8.28. The number of benzene rings is 1. The molecule has 0 aromatic heterocycles. The number of rotatable bonds is 3. The van der Waals surface area contributed by atoms with Gasteiger partial charge in [-0.3, -0.25) is 9.59 Å². The van der Waals surface area contributed by atoms with Crippen molar-refractivity contribution in [2.75, 3.05) is 24.0 Å². The monoisotopic (exact) mass is 267 g/mol. The number of ketones is 1. The van der Waals surface area contributed by atoms with Crippen molar-refractivity contribution in [1.29, 1.82) is 0 Å². The molecule has 1 aliphatic heterocycles. The van der Waals surface area contributed by atoms with E-state index in [9.17, 15) is 18.0 Å². The third-order valence-electron chi connectivity index (χ3n) is 2.87. The average molecular weight is 267 g/mol. The van der Waals surface area contributed by atoms with Gasteiger partial charge in [0.15, 0.2) is 15.6 Å². The van der Waals surface area contributed by atoms with Crippen LogP contribution in [-0.4, -0.2) is 39.2 Å². The Morgan fingerprint density at radius 1 is 1.39 bits per heavy atom. The molecule has 1 aromatic rings. The molecular weight excluding hydrogens is 254 g/mol. The van der Waals surface area contributed by atoms with Crippen LogP contribution in [0.15, 0.2) is 18.2 Å². The summed E-state index contributed by atoms with van der Waals surface area (Å²) in [4.78, 5) is 24.8. The van der Waals surface area contributed by atoms with Crippen molar-refractivity contribution in [3.05, 3.63) is 29.3 Å². The Bertz CT molecular complexity index is 633. The fourth-order valence-corrected chi connectivity index (χ4v) is 2.61. The van der Waals surface area contributed by atoms with Crippen LogP contribution in [0.1, 0.15) is 15.9 Å². The summed E-state index contributed by atoms with van der Waals surface area (Å²) in [5.41, 5.74) is 1.88. The summed E-state index contributed by atoms with van der Waals surface area (Å²) in [7, 11) is -1.66. The van der Waals surface area contributed by atoms with Gasteiger partial charge in [0, 0.05) is 24.6 Å². The topological polar surface area (TPSA) is 71.5 Å². The Kier molecular flexibility index (Phi) is 2.98. The Hall–Kier alpha value is -1.69. The van der Waals surface area contributed by atoms with E-state index in [0.29, 0.717) is 5.56 Å². The Balaban J connectivity index is 2.32. The number of anilines is 1. The van der Waals surface area contributed by atoms with Crippen LogP contribution in [0.5, 0.6) is 0 Å². The van der Waals surface area contributed by atoms with E-state index >= 15 is 0 Å². The lowest BCUT2D eigenvalue weighted by molar-refractivity contribution is -0.117. The second-order valence-corrected chi connectivity index (χ2v) is 6.61. The smallest absolute Gasteiger partial charge is 0.231 e. The van der Waals surface area contributed by atoms with Crippen LogP contribution < -0.4 is 4.90 Å². The lowest BCUT2D eigenvalue weighted by Gasteiger charge is -2.10. The lowest BCUT2D eigenvalue weighted by Crippen LogP contribution is -2.20. The number of amides is 1. The van der Waals surface area contributed by atoms with Crippen molar-refractivity contribution >= 4 is 27.2 Å². The van der Waals surface area contributed by atoms with Crippen LogP contribution >= 0.6 is 0 Å². The van der Waals surface area contributed by atoms with Crippen LogP contribution in [-0.2, 0) is 21.1 Å². The number of carbonyl (C=O) groups is 2. The third kappa shape index (κ3) is 2.43. The number of Topliss-reactive ketones (excluding diaryl/α,β-unsaturated/α-hetero) is 1. The second-order valence-electron chi connectivity index (χ2n) is 4.47. The summed E-state index contributed by atoms with van der Waals surface area (Å²) in [6.07, 6.45) is 1.28. The summed E-state index contributed by atoms with van der Waals surface area (Å²) < 4.78 is 22.1. The summed E-state index contributed by atoms with van der Waals surface area (Å²) in [6.45, 7) is 0. The van der Waals surface area contributed by atoms with Gasteiger partial charge in [-0.15, -0.1) is 0 Å². The minimum Gasteiger partial charge on any atom is -0.315 e. The molecule has 6 heteroatoms. The van der Waals surface area contributed by atoms with Crippen molar-refractivity contribution in [1.82, 2.24) is 0 Å². The number of fused-ring (bicyclic) bond motifs is 1. The zero-order valence-corrected chi connectivity index (χ0v) is 11.0. The first-order valence-corrected chi connectivity index (χ1v) is 7.44. The minimum atomic E-state index is -3.33. The van der Waals surface area contributed by atoms with Crippen LogP contribution in [0.3, 0.4) is 0 Å². The quantitative estimate of drug-likeness (QED) is 0.745. The molecule has 0 saturated heterocycles. The molecule has 2 rings (SSSR count). The highest BCUT2D eigenvalue weighted by Crippen LogP contribution is 2.28. The number of likely N-dealkylation sites (N-methyl/N-ethyl adjacent to an activating group) is 1. The largest absolute Gasteiger partial charge is 0.315 e. The number of nitrogens with zero attached hydrogens (tertiary/aromatic N) is 1. The Morgan fingerprint density at radius 3 is 2.67 bits per heavy atom. The molecule has 1 amide bonds. The van der Waals surface area contributed by atoms with Gasteiger partial charge < -0.3 is 4.90 Å². The van der Waals surface area contributed by atoms with Crippen molar-refractivity contribution in [3.63, 3.8) is 0 Å². The second kappa shape index (κ2) is 4.20. The van der Waals surface area contributed by atoms with E-state index in [2.05, 4.69) is 0 Å². The molecule has 96 valence electrons. The van der Waals surface area contributed by atoms with Crippen molar-refractivity contribution in [2.24, 2.45) is 0 Å².